The molecule has 0 bridgehead atoms. The molecule has 7 heteroatoms. The van der Waals surface area contributed by atoms with Crippen LogP contribution in [0.1, 0.15) is 6.42 Å². The Labute approximate surface area is 128 Å². The predicted molar refractivity (Wildman–Crippen MR) is 83.0 cm³/mol. The normalized spacial score (nSPS) is 21.3. The number of anilines is 1. The zero-order chi connectivity index (χ0) is 15.4. The van der Waals surface area contributed by atoms with E-state index in [0.717, 1.165) is 12.2 Å². The van der Waals surface area contributed by atoms with Gasteiger partial charge in [-0.05, 0) is 31.2 Å². The first-order valence-corrected chi connectivity index (χ1v) is 7.29. The van der Waals surface area contributed by atoms with Crippen LogP contribution in [0, 0.1) is 0 Å². The number of benzene rings is 1. The lowest BCUT2D eigenvalue weighted by Gasteiger charge is -2.29. The van der Waals surface area contributed by atoms with Crippen molar-refractivity contribution in [2.45, 2.75) is 18.6 Å². The monoisotopic (exact) mass is 301 g/mol. The van der Waals surface area contributed by atoms with Crippen molar-refractivity contribution < 1.29 is 9.90 Å². The van der Waals surface area contributed by atoms with Crippen molar-refractivity contribution in [1.82, 2.24) is 20.4 Å². The number of nitrogens with zero attached hydrogens (tertiary/aromatic N) is 2. The first kappa shape index (κ1) is 14.6. The fourth-order valence-corrected chi connectivity index (χ4v) is 2.51. The number of aliphatic hydroxyl groups excluding tert-OH is 1. The van der Waals surface area contributed by atoms with E-state index in [4.69, 9.17) is 0 Å². The highest BCUT2D eigenvalue weighted by Crippen LogP contribution is 2.18. The molecule has 2 heterocycles. The molecule has 0 spiro atoms. The van der Waals surface area contributed by atoms with E-state index in [2.05, 4.69) is 21.0 Å². The van der Waals surface area contributed by atoms with Crippen molar-refractivity contribution in [1.29, 1.82) is 0 Å². The molecule has 1 saturated heterocycles. The summed E-state index contributed by atoms with van der Waals surface area (Å²) < 4.78 is 1.69. The average Bonchev–Trinajstić information content (AvgIpc) is 3.04. The molecule has 1 aliphatic heterocycles. The molecule has 2 unspecified atom stereocenters. The Balaban J connectivity index is 1.69. The van der Waals surface area contributed by atoms with Gasteiger partial charge in [-0.3, -0.25) is 0 Å². The van der Waals surface area contributed by atoms with E-state index < -0.39 is 6.10 Å². The van der Waals surface area contributed by atoms with Crippen LogP contribution in [-0.4, -0.2) is 46.2 Å². The summed E-state index contributed by atoms with van der Waals surface area (Å²) in [4.78, 5) is 12.2. The van der Waals surface area contributed by atoms with E-state index in [1.165, 1.54) is 0 Å². The number of amides is 2. The van der Waals surface area contributed by atoms with Crippen LogP contribution in [0.4, 0.5) is 10.5 Å². The molecule has 1 fully saturated rings. The third kappa shape index (κ3) is 3.26. The Hall–Kier alpha value is -2.38. The summed E-state index contributed by atoms with van der Waals surface area (Å²) in [6.45, 7) is 1.33. The standard InChI is InChI=1S/C15H19N5O2/c21-14-6-8-16-10-12(14)19-15(22)18-11-4-1-2-5-13(11)20-9-3-7-17-20/h1-5,7,9,12,14,16,21H,6,8,10H2,(H2,18,19,22). The van der Waals surface area contributed by atoms with Crippen LogP contribution < -0.4 is 16.0 Å². The van der Waals surface area contributed by atoms with E-state index in [-0.39, 0.29) is 12.1 Å². The van der Waals surface area contributed by atoms with Crippen molar-refractivity contribution in [2.75, 3.05) is 18.4 Å². The largest absolute Gasteiger partial charge is 0.391 e. The Bertz CT molecular complexity index is 629. The van der Waals surface area contributed by atoms with Crippen LogP contribution >= 0.6 is 0 Å². The number of hydrogen-bond acceptors (Lipinski definition) is 4. The molecule has 0 saturated carbocycles. The average molecular weight is 301 g/mol. The minimum atomic E-state index is -0.520. The fourth-order valence-electron chi connectivity index (χ4n) is 2.51. The molecular formula is C15H19N5O2. The molecule has 2 aromatic rings. The van der Waals surface area contributed by atoms with Gasteiger partial charge in [-0.2, -0.15) is 5.10 Å². The van der Waals surface area contributed by atoms with Crippen molar-refractivity contribution >= 4 is 11.7 Å². The second-order valence-corrected chi connectivity index (χ2v) is 5.23. The van der Waals surface area contributed by atoms with Gasteiger partial charge in [0, 0.05) is 18.9 Å². The lowest BCUT2D eigenvalue weighted by Crippen LogP contribution is -2.54. The Morgan fingerprint density at radius 3 is 3.00 bits per heavy atom. The Morgan fingerprint density at radius 1 is 1.36 bits per heavy atom. The van der Waals surface area contributed by atoms with Crippen LogP contribution in [-0.2, 0) is 0 Å². The highest BCUT2D eigenvalue weighted by atomic mass is 16.3. The van der Waals surface area contributed by atoms with Gasteiger partial charge in [-0.25, -0.2) is 9.48 Å². The minimum Gasteiger partial charge on any atom is -0.391 e. The minimum absolute atomic E-state index is 0.286. The quantitative estimate of drug-likeness (QED) is 0.672. The van der Waals surface area contributed by atoms with E-state index >= 15 is 0 Å². The van der Waals surface area contributed by atoms with Gasteiger partial charge in [0.15, 0.2) is 0 Å². The maximum atomic E-state index is 12.2. The van der Waals surface area contributed by atoms with E-state index in [1.807, 2.05) is 36.5 Å². The third-order valence-corrected chi connectivity index (χ3v) is 3.67. The lowest BCUT2D eigenvalue weighted by atomic mass is 10.0. The number of urea groups is 1. The maximum absolute atomic E-state index is 12.2. The van der Waals surface area contributed by atoms with E-state index in [9.17, 15) is 9.90 Å². The van der Waals surface area contributed by atoms with Crippen molar-refractivity contribution in [3.8, 4) is 5.69 Å². The zero-order valence-electron chi connectivity index (χ0n) is 12.1. The summed E-state index contributed by atoms with van der Waals surface area (Å²) in [5, 5.41) is 22.8. The number of para-hydroxylation sites is 2. The van der Waals surface area contributed by atoms with Gasteiger partial charge in [0.05, 0.1) is 23.5 Å². The van der Waals surface area contributed by atoms with Crippen LogP contribution in [0.5, 0.6) is 0 Å². The summed E-state index contributed by atoms with van der Waals surface area (Å²) >= 11 is 0. The molecule has 22 heavy (non-hydrogen) atoms. The maximum Gasteiger partial charge on any atom is 0.319 e. The molecule has 2 amide bonds. The molecule has 0 aliphatic carbocycles. The Kier molecular flexibility index (Phi) is 4.36. The van der Waals surface area contributed by atoms with Gasteiger partial charge in [-0.15, -0.1) is 0 Å². The Morgan fingerprint density at radius 2 is 2.23 bits per heavy atom. The van der Waals surface area contributed by atoms with Crippen molar-refractivity contribution in [3.05, 3.63) is 42.7 Å². The SMILES string of the molecule is O=C(Nc1ccccc1-n1cccn1)NC1CNCCC1O. The highest BCUT2D eigenvalue weighted by molar-refractivity contribution is 5.91. The van der Waals surface area contributed by atoms with E-state index in [1.54, 1.807) is 10.9 Å². The number of carbonyl (C=O) groups excluding carboxylic acids is 1. The van der Waals surface area contributed by atoms with Crippen LogP contribution in [0.15, 0.2) is 42.7 Å². The van der Waals surface area contributed by atoms with Gasteiger partial charge < -0.3 is 21.1 Å². The number of hydrogen-bond donors (Lipinski definition) is 4. The zero-order valence-corrected chi connectivity index (χ0v) is 12.1. The molecule has 0 radical (unpaired) electrons. The summed E-state index contributed by atoms with van der Waals surface area (Å²) in [6, 6.07) is 8.61. The second-order valence-electron chi connectivity index (χ2n) is 5.23. The molecule has 116 valence electrons. The van der Waals surface area contributed by atoms with Crippen LogP contribution in [0.3, 0.4) is 0 Å². The third-order valence-electron chi connectivity index (χ3n) is 3.67. The summed E-state index contributed by atoms with van der Waals surface area (Å²) in [5.41, 5.74) is 1.44. The molecule has 7 nitrogen and oxygen atoms in total. The van der Waals surface area contributed by atoms with Crippen molar-refractivity contribution in [3.63, 3.8) is 0 Å². The number of nitrogens with one attached hydrogen (secondary N) is 3. The summed E-state index contributed by atoms with van der Waals surface area (Å²) in [6.07, 6.45) is 3.61. The molecule has 4 N–H and O–H groups in total. The number of aliphatic hydroxyl groups is 1. The number of carbonyl (C=O) groups is 1. The number of rotatable bonds is 3. The molecule has 1 aromatic carbocycles. The molecule has 1 aliphatic rings. The topological polar surface area (TPSA) is 91.2 Å². The molecular weight excluding hydrogens is 282 g/mol. The lowest BCUT2D eigenvalue weighted by molar-refractivity contribution is 0.103. The highest BCUT2D eigenvalue weighted by Gasteiger charge is 2.24. The van der Waals surface area contributed by atoms with Gasteiger partial charge in [0.1, 0.15) is 0 Å². The van der Waals surface area contributed by atoms with Gasteiger partial charge in [0.2, 0.25) is 0 Å². The summed E-state index contributed by atoms with van der Waals surface area (Å²) in [5.74, 6) is 0. The molecule has 1 aromatic heterocycles. The van der Waals surface area contributed by atoms with E-state index in [0.29, 0.717) is 18.7 Å². The van der Waals surface area contributed by atoms with Crippen molar-refractivity contribution in [2.24, 2.45) is 0 Å². The first-order chi connectivity index (χ1) is 10.7. The first-order valence-electron chi connectivity index (χ1n) is 7.29. The second kappa shape index (κ2) is 6.59. The van der Waals surface area contributed by atoms with Gasteiger partial charge >= 0.3 is 6.03 Å². The van der Waals surface area contributed by atoms with Gasteiger partial charge in [0.25, 0.3) is 0 Å². The molecule has 2 atom stereocenters. The predicted octanol–water partition coefficient (Wildman–Crippen LogP) is 0.717. The fraction of sp³-hybridized carbons (Fsp3) is 0.333. The van der Waals surface area contributed by atoms with Gasteiger partial charge in [-0.1, -0.05) is 12.1 Å². The smallest absolute Gasteiger partial charge is 0.319 e. The molecule has 3 rings (SSSR count). The van der Waals surface area contributed by atoms with Crippen LogP contribution in [0.2, 0.25) is 0 Å². The number of aromatic nitrogens is 2. The number of piperidine rings is 1. The van der Waals surface area contributed by atoms with Crippen LogP contribution in [0.25, 0.3) is 5.69 Å². The summed E-state index contributed by atoms with van der Waals surface area (Å²) in [7, 11) is 0.